The molecule has 0 fully saturated rings. The van der Waals surface area contributed by atoms with E-state index in [2.05, 4.69) is 15.7 Å². The summed E-state index contributed by atoms with van der Waals surface area (Å²) in [4.78, 5) is 14.0. The summed E-state index contributed by atoms with van der Waals surface area (Å²) in [5.74, 6) is 1.69. The van der Waals surface area contributed by atoms with Crippen molar-refractivity contribution < 1.29 is 4.79 Å². The third kappa shape index (κ3) is 4.20. The number of amides is 1. The van der Waals surface area contributed by atoms with Gasteiger partial charge in [0.1, 0.15) is 5.82 Å². The maximum atomic E-state index is 12.3. The molecule has 1 aliphatic heterocycles. The van der Waals surface area contributed by atoms with E-state index in [0.717, 1.165) is 37.6 Å². The maximum absolute atomic E-state index is 12.3. The van der Waals surface area contributed by atoms with Gasteiger partial charge in [-0.05, 0) is 31.5 Å². The number of carbonyl (C=O) groups is 1. The van der Waals surface area contributed by atoms with E-state index < -0.39 is 0 Å². The Kier molecular flexibility index (Phi) is 5.38. The van der Waals surface area contributed by atoms with Crippen molar-refractivity contribution in [1.82, 2.24) is 20.0 Å². The van der Waals surface area contributed by atoms with Crippen molar-refractivity contribution in [3.8, 4) is 0 Å². The SMILES string of the molecule is CC(C)N(C)C(=O)c1ccc(CNC[C@H]2CNc3ccnn3C2)cc1. The van der Waals surface area contributed by atoms with Gasteiger partial charge >= 0.3 is 0 Å². The second-order valence-electron chi connectivity index (χ2n) is 6.98. The Morgan fingerprint density at radius 2 is 2.12 bits per heavy atom. The molecule has 2 heterocycles. The van der Waals surface area contributed by atoms with Gasteiger partial charge in [0, 0.05) is 56.8 Å². The highest BCUT2D eigenvalue weighted by molar-refractivity contribution is 5.94. The van der Waals surface area contributed by atoms with E-state index in [1.165, 1.54) is 5.56 Å². The molecular weight excluding hydrogens is 314 g/mol. The molecule has 25 heavy (non-hydrogen) atoms. The highest BCUT2D eigenvalue weighted by Gasteiger charge is 2.18. The molecule has 0 unspecified atom stereocenters. The summed E-state index contributed by atoms with van der Waals surface area (Å²) in [5.41, 5.74) is 1.93. The number of nitrogens with zero attached hydrogens (tertiary/aromatic N) is 3. The Morgan fingerprint density at radius 1 is 1.36 bits per heavy atom. The number of nitrogens with one attached hydrogen (secondary N) is 2. The molecule has 3 rings (SSSR count). The number of fused-ring (bicyclic) bond motifs is 1. The number of carbonyl (C=O) groups excluding carboxylic acids is 1. The Bertz CT molecular complexity index is 707. The van der Waals surface area contributed by atoms with Crippen LogP contribution in [0.3, 0.4) is 0 Å². The Morgan fingerprint density at radius 3 is 2.84 bits per heavy atom. The summed E-state index contributed by atoms with van der Waals surface area (Å²) in [6, 6.07) is 10.1. The highest BCUT2D eigenvalue weighted by atomic mass is 16.2. The third-order valence-electron chi connectivity index (χ3n) is 4.78. The first kappa shape index (κ1) is 17.5. The summed E-state index contributed by atoms with van der Waals surface area (Å²) >= 11 is 0. The van der Waals surface area contributed by atoms with Crippen molar-refractivity contribution in [2.24, 2.45) is 5.92 Å². The van der Waals surface area contributed by atoms with Gasteiger partial charge in [-0.1, -0.05) is 12.1 Å². The Hall–Kier alpha value is -2.34. The van der Waals surface area contributed by atoms with Crippen LogP contribution in [0.1, 0.15) is 29.8 Å². The van der Waals surface area contributed by atoms with E-state index in [1.54, 1.807) is 4.90 Å². The van der Waals surface area contributed by atoms with Crippen molar-refractivity contribution in [2.75, 3.05) is 25.5 Å². The summed E-state index contributed by atoms with van der Waals surface area (Å²) in [5, 5.41) is 11.2. The number of hydrogen-bond donors (Lipinski definition) is 2. The van der Waals surface area contributed by atoms with E-state index in [4.69, 9.17) is 0 Å². The van der Waals surface area contributed by atoms with Gasteiger partial charge in [-0.25, -0.2) is 4.68 Å². The lowest BCUT2D eigenvalue weighted by molar-refractivity contribution is 0.0755. The van der Waals surface area contributed by atoms with E-state index in [9.17, 15) is 4.79 Å². The fourth-order valence-electron chi connectivity index (χ4n) is 2.95. The van der Waals surface area contributed by atoms with Crippen LogP contribution in [0.4, 0.5) is 5.82 Å². The van der Waals surface area contributed by atoms with Crippen LogP contribution in [-0.2, 0) is 13.1 Å². The molecule has 0 saturated heterocycles. The number of rotatable bonds is 6. The van der Waals surface area contributed by atoms with Gasteiger partial charge < -0.3 is 15.5 Å². The molecule has 0 saturated carbocycles. The van der Waals surface area contributed by atoms with Crippen molar-refractivity contribution in [1.29, 1.82) is 0 Å². The van der Waals surface area contributed by atoms with Crippen LogP contribution >= 0.6 is 0 Å². The molecule has 1 atom stereocenters. The van der Waals surface area contributed by atoms with E-state index in [0.29, 0.717) is 5.92 Å². The number of benzene rings is 1. The van der Waals surface area contributed by atoms with Gasteiger partial charge in [0.2, 0.25) is 0 Å². The lowest BCUT2D eigenvalue weighted by atomic mass is 10.1. The van der Waals surface area contributed by atoms with Gasteiger partial charge in [-0.2, -0.15) is 5.10 Å². The molecule has 0 radical (unpaired) electrons. The summed E-state index contributed by atoms with van der Waals surface area (Å²) in [6.07, 6.45) is 1.83. The molecule has 0 spiro atoms. The maximum Gasteiger partial charge on any atom is 0.253 e. The number of anilines is 1. The van der Waals surface area contributed by atoms with Crippen molar-refractivity contribution in [3.05, 3.63) is 47.7 Å². The minimum Gasteiger partial charge on any atom is -0.370 e. The Balaban J connectivity index is 1.47. The molecule has 6 heteroatoms. The monoisotopic (exact) mass is 341 g/mol. The Labute approximate surface area is 149 Å². The molecule has 1 aromatic carbocycles. The molecule has 6 nitrogen and oxygen atoms in total. The van der Waals surface area contributed by atoms with Crippen LogP contribution in [-0.4, -0.2) is 46.8 Å². The van der Waals surface area contributed by atoms with Gasteiger partial charge in [0.15, 0.2) is 0 Å². The smallest absolute Gasteiger partial charge is 0.253 e. The van der Waals surface area contributed by atoms with Crippen LogP contribution in [0.25, 0.3) is 0 Å². The number of aromatic nitrogens is 2. The fraction of sp³-hybridized carbons (Fsp3) is 0.474. The second kappa shape index (κ2) is 7.70. The van der Waals surface area contributed by atoms with E-state index in [1.807, 2.05) is 62.1 Å². The second-order valence-corrected chi connectivity index (χ2v) is 6.98. The average Bonchev–Trinajstić information content (AvgIpc) is 3.09. The average molecular weight is 341 g/mol. The highest BCUT2D eigenvalue weighted by Crippen LogP contribution is 2.16. The zero-order chi connectivity index (χ0) is 17.8. The van der Waals surface area contributed by atoms with Gasteiger partial charge in [0.05, 0.1) is 6.20 Å². The molecule has 2 N–H and O–H groups in total. The third-order valence-corrected chi connectivity index (χ3v) is 4.78. The zero-order valence-electron chi connectivity index (χ0n) is 15.2. The van der Waals surface area contributed by atoms with Crippen molar-refractivity contribution >= 4 is 11.7 Å². The van der Waals surface area contributed by atoms with Gasteiger partial charge in [-0.15, -0.1) is 0 Å². The summed E-state index contributed by atoms with van der Waals surface area (Å²) in [7, 11) is 1.84. The van der Waals surface area contributed by atoms with E-state index >= 15 is 0 Å². The zero-order valence-corrected chi connectivity index (χ0v) is 15.2. The summed E-state index contributed by atoms with van der Waals surface area (Å²) < 4.78 is 2.02. The standard InChI is InChI=1S/C19H27N5O/c1-14(2)23(3)19(25)17-6-4-15(5-7-17)10-20-11-16-12-21-18-8-9-22-24(18)13-16/h4-9,14,16,20-21H,10-13H2,1-3H3/t16-/m0/s1. The predicted octanol–water partition coefficient (Wildman–Crippen LogP) is 2.19. The van der Waals surface area contributed by atoms with Crippen molar-refractivity contribution in [2.45, 2.75) is 33.0 Å². The first-order valence-electron chi connectivity index (χ1n) is 8.87. The lowest BCUT2D eigenvalue weighted by Crippen LogP contribution is -2.35. The van der Waals surface area contributed by atoms with E-state index in [-0.39, 0.29) is 11.9 Å². The topological polar surface area (TPSA) is 62.2 Å². The minimum atomic E-state index is 0.0674. The molecular formula is C19H27N5O. The molecule has 2 aromatic rings. The van der Waals surface area contributed by atoms with Crippen molar-refractivity contribution in [3.63, 3.8) is 0 Å². The normalized spacial score (nSPS) is 16.4. The molecule has 1 aromatic heterocycles. The van der Waals surface area contributed by atoms with Crippen LogP contribution in [0.2, 0.25) is 0 Å². The predicted molar refractivity (Wildman–Crippen MR) is 99.6 cm³/mol. The fourth-order valence-corrected chi connectivity index (χ4v) is 2.95. The van der Waals surface area contributed by atoms with Crippen LogP contribution < -0.4 is 10.6 Å². The van der Waals surface area contributed by atoms with Gasteiger partial charge in [-0.3, -0.25) is 4.79 Å². The van der Waals surface area contributed by atoms with Crippen LogP contribution in [0.5, 0.6) is 0 Å². The van der Waals surface area contributed by atoms with Gasteiger partial charge in [0.25, 0.3) is 5.91 Å². The quantitative estimate of drug-likeness (QED) is 0.845. The molecule has 0 bridgehead atoms. The largest absolute Gasteiger partial charge is 0.370 e. The lowest BCUT2D eigenvalue weighted by Gasteiger charge is -2.25. The molecule has 1 aliphatic rings. The number of hydrogen-bond acceptors (Lipinski definition) is 4. The molecule has 134 valence electrons. The first-order valence-corrected chi connectivity index (χ1v) is 8.87. The summed E-state index contributed by atoms with van der Waals surface area (Å²) in [6.45, 7) is 7.68. The minimum absolute atomic E-state index is 0.0674. The van der Waals surface area contributed by atoms with Crippen LogP contribution in [0, 0.1) is 5.92 Å². The van der Waals surface area contributed by atoms with Crippen LogP contribution in [0.15, 0.2) is 36.5 Å². The molecule has 1 amide bonds. The first-order chi connectivity index (χ1) is 12.0. The molecule has 0 aliphatic carbocycles.